The summed E-state index contributed by atoms with van der Waals surface area (Å²) in [5.74, 6) is 0.396. The number of halogens is 1. The summed E-state index contributed by atoms with van der Waals surface area (Å²) in [6, 6.07) is 6.26. The van der Waals surface area contributed by atoms with Gasteiger partial charge in [0.2, 0.25) is 0 Å². The van der Waals surface area contributed by atoms with E-state index in [9.17, 15) is 4.79 Å². The van der Waals surface area contributed by atoms with Crippen molar-refractivity contribution in [2.45, 2.75) is 38.0 Å². The zero-order valence-electron chi connectivity index (χ0n) is 10.4. The number of carbonyl (C=O) groups is 1. The molecule has 0 spiro atoms. The van der Waals surface area contributed by atoms with E-state index in [0.717, 1.165) is 29.3 Å². The van der Waals surface area contributed by atoms with Gasteiger partial charge in [-0.3, -0.25) is 4.79 Å². The van der Waals surface area contributed by atoms with Crippen molar-refractivity contribution in [1.29, 1.82) is 0 Å². The number of hydrogen-bond acceptors (Lipinski definition) is 1. The Morgan fingerprint density at radius 2 is 2.22 bits per heavy atom. The van der Waals surface area contributed by atoms with Crippen LogP contribution in [-0.4, -0.2) is 10.8 Å². The molecule has 1 fully saturated rings. The van der Waals surface area contributed by atoms with Gasteiger partial charge in [0.25, 0.3) is 0 Å². The van der Waals surface area contributed by atoms with E-state index in [0.29, 0.717) is 12.2 Å². The van der Waals surface area contributed by atoms with Crippen LogP contribution in [-0.2, 0) is 10.2 Å². The van der Waals surface area contributed by atoms with E-state index in [1.165, 1.54) is 10.9 Å². The number of rotatable bonds is 1. The molecule has 0 amide bonds. The van der Waals surface area contributed by atoms with Gasteiger partial charge in [-0.25, -0.2) is 0 Å². The molecule has 1 aromatic carbocycles. The molecular formula is C15H16BrNO. The normalized spacial score (nSPS) is 24.7. The molecule has 18 heavy (non-hydrogen) atoms. The van der Waals surface area contributed by atoms with Gasteiger partial charge in [0, 0.05) is 39.8 Å². The summed E-state index contributed by atoms with van der Waals surface area (Å²) < 4.78 is 1.08. The number of ketones is 1. The van der Waals surface area contributed by atoms with Gasteiger partial charge in [0.15, 0.2) is 0 Å². The number of aromatic amines is 1. The molecule has 2 aromatic rings. The van der Waals surface area contributed by atoms with Gasteiger partial charge in [-0.15, -0.1) is 0 Å². The van der Waals surface area contributed by atoms with Crippen LogP contribution < -0.4 is 0 Å². The summed E-state index contributed by atoms with van der Waals surface area (Å²) in [5.41, 5.74) is 2.42. The number of benzene rings is 1. The molecular weight excluding hydrogens is 290 g/mol. The van der Waals surface area contributed by atoms with E-state index in [1.807, 2.05) is 6.07 Å². The van der Waals surface area contributed by atoms with E-state index in [-0.39, 0.29) is 5.41 Å². The summed E-state index contributed by atoms with van der Waals surface area (Å²) >= 11 is 3.52. The second-order valence-corrected chi connectivity index (χ2v) is 6.44. The van der Waals surface area contributed by atoms with Crippen LogP contribution in [0.25, 0.3) is 10.9 Å². The topological polar surface area (TPSA) is 32.9 Å². The zero-order chi connectivity index (χ0) is 12.8. The monoisotopic (exact) mass is 305 g/mol. The first-order valence-corrected chi connectivity index (χ1v) is 7.17. The lowest BCUT2D eigenvalue weighted by atomic mass is 9.70. The Labute approximate surface area is 115 Å². The highest BCUT2D eigenvalue weighted by molar-refractivity contribution is 9.10. The number of H-pyrrole nitrogens is 1. The molecule has 1 N–H and O–H groups in total. The summed E-state index contributed by atoms with van der Waals surface area (Å²) in [6.07, 6.45) is 5.61. The van der Waals surface area contributed by atoms with Gasteiger partial charge in [0.05, 0.1) is 0 Å². The molecule has 1 heterocycles. The third kappa shape index (κ3) is 1.91. The number of carbonyl (C=O) groups excluding carboxylic acids is 1. The highest BCUT2D eigenvalue weighted by Gasteiger charge is 2.34. The molecule has 1 aliphatic rings. The predicted octanol–water partition coefficient (Wildman–Crippen LogP) is 4.33. The molecule has 3 rings (SSSR count). The molecule has 2 nitrogen and oxygen atoms in total. The van der Waals surface area contributed by atoms with Crippen molar-refractivity contribution >= 4 is 32.6 Å². The minimum Gasteiger partial charge on any atom is -0.361 e. The van der Waals surface area contributed by atoms with Crippen molar-refractivity contribution in [2.75, 3.05) is 0 Å². The Hall–Kier alpha value is -1.09. The highest BCUT2D eigenvalue weighted by atomic mass is 79.9. The predicted molar refractivity (Wildman–Crippen MR) is 76.8 cm³/mol. The first-order valence-electron chi connectivity index (χ1n) is 6.37. The van der Waals surface area contributed by atoms with E-state index in [1.54, 1.807) is 0 Å². The first kappa shape index (κ1) is 12.0. The SMILES string of the molecule is CC1(c2c[nH]c3ccc(Br)cc23)CCCC(=O)C1. The molecule has 94 valence electrons. The number of hydrogen-bond donors (Lipinski definition) is 1. The van der Waals surface area contributed by atoms with Crippen LogP contribution >= 0.6 is 15.9 Å². The molecule has 1 aromatic heterocycles. The lowest BCUT2D eigenvalue weighted by Gasteiger charge is -2.32. The quantitative estimate of drug-likeness (QED) is 0.835. The summed E-state index contributed by atoms with van der Waals surface area (Å²) in [6.45, 7) is 2.22. The average molecular weight is 306 g/mol. The van der Waals surface area contributed by atoms with Crippen LogP contribution in [0.1, 0.15) is 38.2 Å². The number of fused-ring (bicyclic) bond motifs is 1. The Balaban J connectivity index is 2.13. The minimum atomic E-state index is -0.00558. The van der Waals surface area contributed by atoms with Crippen LogP contribution in [0.2, 0.25) is 0 Å². The molecule has 3 heteroatoms. The zero-order valence-corrected chi connectivity index (χ0v) is 12.0. The molecule has 1 aliphatic carbocycles. The van der Waals surface area contributed by atoms with Gasteiger partial charge in [-0.2, -0.15) is 0 Å². The van der Waals surface area contributed by atoms with Crippen LogP contribution in [0.4, 0.5) is 0 Å². The third-order valence-electron chi connectivity index (χ3n) is 4.07. The Kier molecular flexibility index (Phi) is 2.81. The third-order valence-corrected chi connectivity index (χ3v) is 4.56. The van der Waals surface area contributed by atoms with E-state index in [2.05, 4.69) is 46.2 Å². The molecule has 1 saturated carbocycles. The van der Waals surface area contributed by atoms with Crippen molar-refractivity contribution in [3.63, 3.8) is 0 Å². The number of Topliss-reactive ketones (excluding diaryl/α,β-unsaturated/α-hetero) is 1. The van der Waals surface area contributed by atoms with E-state index in [4.69, 9.17) is 0 Å². The second kappa shape index (κ2) is 4.23. The molecule has 0 saturated heterocycles. The van der Waals surface area contributed by atoms with Gasteiger partial charge in [-0.1, -0.05) is 22.9 Å². The van der Waals surface area contributed by atoms with Crippen molar-refractivity contribution in [3.8, 4) is 0 Å². The maximum Gasteiger partial charge on any atom is 0.133 e. The Morgan fingerprint density at radius 1 is 1.39 bits per heavy atom. The fraction of sp³-hybridized carbons (Fsp3) is 0.400. The molecule has 0 bridgehead atoms. The van der Waals surface area contributed by atoms with E-state index < -0.39 is 0 Å². The van der Waals surface area contributed by atoms with Crippen LogP contribution in [0, 0.1) is 0 Å². The van der Waals surface area contributed by atoms with E-state index >= 15 is 0 Å². The maximum atomic E-state index is 11.8. The Bertz CT molecular complexity index is 616. The summed E-state index contributed by atoms with van der Waals surface area (Å²) in [7, 11) is 0. The van der Waals surface area contributed by atoms with Crippen LogP contribution in [0.15, 0.2) is 28.9 Å². The smallest absolute Gasteiger partial charge is 0.133 e. The Morgan fingerprint density at radius 3 is 3.00 bits per heavy atom. The fourth-order valence-electron chi connectivity index (χ4n) is 3.11. The van der Waals surface area contributed by atoms with Crippen LogP contribution in [0.5, 0.6) is 0 Å². The number of nitrogens with one attached hydrogen (secondary N) is 1. The minimum absolute atomic E-state index is 0.00558. The lowest BCUT2D eigenvalue weighted by molar-refractivity contribution is -0.121. The van der Waals surface area contributed by atoms with Gasteiger partial charge >= 0.3 is 0 Å². The number of aromatic nitrogens is 1. The first-order chi connectivity index (χ1) is 8.58. The van der Waals surface area contributed by atoms with Gasteiger partial charge < -0.3 is 4.98 Å². The second-order valence-electron chi connectivity index (χ2n) is 5.52. The summed E-state index contributed by atoms with van der Waals surface area (Å²) in [4.78, 5) is 15.1. The molecule has 1 unspecified atom stereocenters. The van der Waals surface area contributed by atoms with Crippen molar-refractivity contribution in [3.05, 3.63) is 34.4 Å². The fourth-order valence-corrected chi connectivity index (χ4v) is 3.47. The van der Waals surface area contributed by atoms with Gasteiger partial charge in [-0.05, 0) is 36.6 Å². The van der Waals surface area contributed by atoms with Gasteiger partial charge in [0.1, 0.15) is 5.78 Å². The van der Waals surface area contributed by atoms with Crippen molar-refractivity contribution in [2.24, 2.45) is 0 Å². The van der Waals surface area contributed by atoms with Crippen molar-refractivity contribution < 1.29 is 4.79 Å². The molecule has 0 radical (unpaired) electrons. The molecule has 0 aliphatic heterocycles. The summed E-state index contributed by atoms with van der Waals surface area (Å²) in [5, 5.41) is 1.24. The molecule has 1 atom stereocenters. The average Bonchev–Trinajstić information content (AvgIpc) is 2.72. The highest BCUT2D eigenvalue weighted by Crippen LogP contribution is 2.41. The van der Waals surface area contributed by atoms with Crippen molar-refractivity contribution in [1.82, 2.24) is 4.98 Å². The lowest BCUT2D eigenvalue weighted by Crippen LogP contribution is -2.29. The maximum absolute atomic E-state index is 11.8. The largest absolute Gasteiger partial charge is 0.361 e. The standard InChI is InChI=1S/C15H16BrNO/c1-15(6-2-3-11(18)8-15)13-9-17-14-5-4-10(16)7-12(13)14/h4-5,7,9,17H,2-3,6,8H2,1H3. The van der Waals surface area contributed by atoms with Crippen LogP contribution in [0.3, 0.4) is 0 Å².